The van der Waals surface area contributed by atoms with Gasteiger partial charge in [0.15, 0.2) is 0 Å². The van der Waals surface area contributed by atoms with E-state index in [-0.39, 0.29) is 10.9 Å². The monoisotopic (exact) mass is 647 g/mol. The topological polar surface area (TPSA) is 91.4 Å². The van der Waals surface area contributed by atoms with Crippen LogP contribution in [0.3, 0.4) is 0 Å². The molecule has 4 aromatic rings. The van der Waals surface area contributed by atoms with E-state index >= 15 is 0 Å². The minimum atomic E-state index is -4.25. The maximum absolute atomic E-state index is 12.9. The summed E-state index contributed by atoms with van der Waals surface area (Å²) in [6.07, 6.45) is 5.06. The number of nitriles is 1. The van der Waals surface area contributed by atoms with E-state index < -0.39 is 12.6 Å². The van der Waals surface area contributed by atoms with Gasteiger partial charge in [0.2, 0.25) is 5.90 Å². The van der Waals surface area contributed by atoms with Gasteiger partial charge in [0.05, 0.1) is 25.0 Å². The summed E-state index contributed by atoms with van der Waals surface area (Å²) in [5.41, 5.74) is 3.99. The number of piperidine rings is 1. The smallest absolute Gasteiger partial charge is 0.393 e. The molecule has 3 aliphatic rings. The van der Waals surface area contributed by atoms with Crippen molar-refractivity contribution in [1.82, 2.24) is 19.4 Å². The number of likely N-dealkylation sites (tertiary alicyclic amines) is 1. The molecule has 8 nitrogen and oxygen atoms in total. The van der Waals surface area contributed by atoms with Crippen molar-refractivity contribution in [3.05, 3.63) is 64.4 Å². The largest absolute Gasteiger partial charge is 0.478 e. The number of thiophene rings is 1. The third kappa shape index (κ3) is 7.37. The average molecular weight is 648 g/mol. The van der Waals surface area contributed by atoms with Gasteiger partial charge < -0.3 is 14.6 Å². The molecule has 7 rings (SSSR count). The Labute approximate surface area is 269 Å². The number of nitrogens with one attached hydrogen (secondary N) is 1. The number of fused-ring (bicyclic) bond motifs is 2. The number of aliphatic imine (C=N–C) groups is 1. The third-order valence-electron chi connectivity index (χ3n) is 9.00. The quantitative estimate of drug-likeness (QED) is 0.173. The first-order valence-corrected chi connectivity index (χ1v) is 16.8. The van der Waals surface area contributed by atoms with Crippen molar-refractivity contribution in [2.45, 2.75) is 70.3 Å². The second kappa shape index (κ2) is 13.0. The number of benzene rings is 1. The van der Waals surface area contributed by atoms with Crippen LogP contribution in [0.25, 0.3) is 21.1 Å². The molecule has 1 N–H and O–H groups in total. The van der Waals surface area contributed by atoms with E-state index in [1.54, 1.807) is 6.07 Å². The number of nitrogens with zero attached hydrogens (tertiary/aromatic N) is 6. The van der Waals surface area contributed by atoms with Gasteiger partial charge in [-0.25, -0.2) is 15.0 Å². The lowest BCUT2D eigenvalue weighted by atomic mass is 10.0. The second-order valence-electron chi connectivity index (χ2n) is 12.7. The molecule has 0 atom stereocenters. The highest BCUT2D eigenvalue weighted by atomic mass is 32.1. The maximum Gasteiger partial charge on any atom is 0.393 e. The highest BCUT2D eigenvalue weighted by molar-refractivity contribution is 7.18. The van der Waals surface area contributed by atoms with Crippen molar-refractivity contribution in [2.24, 2.45) is 10.9 Å². The lowest BCUT2D eigenvalue weighted by Crippen LogP contribution is -2.38. The lowest BCUT2D eigenvalue weighted by molar-refractivity contribution is -0.126. The van der Waals surface area contributed by atoms with E-state index in [2.05, 4.69) is 54.0 Å². The maximum atomic E-state index is 12.9. The van der Waals surface area contributed by atoms with Crippen LogP contribution in [-0.2, 0) is 24.2 Å². The molecule has 0 unspecified atom stereocenters. The Balaban J connectivity index is 0.939. The Kier molecular flexibility index (Phi) is 8.70. The van der Waals surface area contributed by atoms with Crippen LogP contribution in [0.4, 0.5) is 19.0 Å². The molecule has 5 heterocycles. The number of aromatic nitrogens is 3. The molecule has 3 aromatic heterocycles. The van der Waals surface area contributed by atoms with Crippen LogP contribution in [0.2, 0.25) is 0 Å². The number of rotatable bonds is 11. The van der Waals surface area contributed by atoms with Crippen LogP contribution in [0.15, 0.2) is 53.3 Å². The number of hydrogen-bond donors (Lipinski definition) is 1. The predicted octanol–water partition coefficient (Wildman–Crippen LogP) is 7.24. The van der Waals surface area contributed by atoms with Crippen molar-refractivity contribution in [3.8, 4) is 6.07 Å². The molecule has 0 bridgehead atoms. The summed E-state index contributed by atoms with van der Waals surface area (Å²) in [5, 5.41) is 15.1. The number of anilines is 1. The zero-order valence-electron chi connectivity index (χ0n) is 25.5. The molecule has 1 aromatic carbocycles. The van der Waals surface area contributed by atoms with Crippen LogP contribution >= 0.6 is 11.3 Å². The summed E-state index contributed by atoms with van der Waals surface area (Å²) in [6, 6.07) is 12.5. The molecule has 46 heavy (non-hydrogen) atoms. The van der Waals surface area contributed by atoms with Gasteiger partial charge >= 0.3 is 6.18 Å². The van der Waals surface area contributed by atoms with E-state index in [9.17, 15) is 18.4 Å². The van der Waals surface area contributed by atoms with Gasteiger partial charge in [-0.2, -0.15) is 18.4 Å². The Morgan fingerprint density at radius 2 is 1.91 bits per heavy atom. The fourth-order valence-electron chi connectivity index (χ4n) is 6.46. The van der Waals surface area contributed by atoms with Crippen molar-refractivity contribution in [3.63, 3.8) is 0 Å². The van der Waals surface area contributed by atoms with Crippen molar-refractivity contribution in [2.75, 3.05) is 31.6 Å². The second-order valence-corrected chi connectivity index (χ2v) is 13.8. The predicted molar refractivity (Wildman–Crippen MR) is 174 cm³/mol. The molecule has 2 aliphatic heterocycles. The first-order chi connectivity index (χ1) is 22.3. The molecule has 2 fully saturated rings. The van der Waals surface area contributed by atoms with E-state index in [4.69, 9.17) is 4.74 Å². The van der Waals surface area contributed by atoms with Gasteiger partial charge in [0.1, 0.15) is 28.7 Å². The Bertz CT molecular complexity index is 1820. The van der Waals surface area contributed by atoms with Crippen molar-refractivity contribution < 1.29 is 17.9 Å². The Morgan fingerprint density at radius 1 is 1.07 bits per heavy atom. The highest BCUT2D eigenvalue weighted by Gasteiger charge is 2.29. The van der Waals surface area contributed by atoms with Crippen molar-refractivity contribution in [1.29, 1.82) is 5.26 Å². The molecule has 0 radical (unpaired) electrons. The molecule has 1 saturated heterocycles. The van der Waals surface area contributed by atoms with Crippen molar-refractivity contribution >= 4 is 44.2 Å². The first kappa shape index (κ1) is 30.7. The Morgan fingerprint density at radius 3 is 2.70 bits per heavy atom. The van der Waals surface area contributed by atoms with Gasteiger partial charge in [-0.15, -0.1) is 11.3 Å². The fraction of sp³-hybridized carbons (Fsp3) is 0.471. The third-order valence-corrected chi connectivity index (χ3v) is 10.0. The van der Waals surface area contributed by atoms with Gasteiger partial charge in [0, 0.05) is 54.1 Å². The van der Waals surface area contributed by atoms with E-state index in [0.717, 1.165) is 72.6 Å². The molecular weight excluding hydrogens is 611 g/mol. The van der Waals surface area contributed by atoms with Crippen LogP contribution in [0, 0.1) is 17.2 Å². The molecule has 0 amide bonds. The molecule has 240 valence electrons. The number of ether oxygens (including phenoxy) is 1. The van der Waals surface area contributed by atoms with Gasteiger partial charge in [-0.05, 0) is 67.0 Å². The lowest BCUT2D eigenvalue weighted by Gasteiger charge is -2.32. The first-order valence-electron chi connectivity index (χ1n) is 16.0. The van der Waals surface area contributed by atoms with Crippen LogP contribution in [0.5, 0.6) is 0 Å². The SMILES string of the molecule is N#Cc1cc2cc(CN3CCC(Nc4ncnc5sc(CC(F)(F)F)cc45)CC3)ccc2n1CC1=CC(OCCCC2CC2)=NC1. The minimum absolute atomic E-state index is 0.178. The molecule has 1 saturated carbocycles. The fourth-order valence-corrected chi connectivity index (χ4v) is 7.49. The Hall–Kier alpha value is -3.95. The number of hydrogen-bond acceptors (Lipinski definition) is 8. The molecule has 12 heteroatoms. The summed E-state index contributed by atoms with van der Waals surface area (Å²) < 4.78 is 46.7. The minimum Gasteiger partial charge on any atom is -0.478 e. The number of alkyl halides is 3. The van der Waals surface area contributed by atoms with Crippen LogP contribution in [-0.4, -0.2) is 63.8 Å². The molecule has 0 spiro atoms. The van der Waals surface area contributed by atoms with Gasteiger partial charge in [-0.1, -0.05) is 18.9 Å². The standard InChI is InChI=1S/C34H36F3N7OS/c35-34(36,37)16-28-15-29-32(40-21-41-33(29)46-28)42-26-7-9-43(10-8-26)19-23-5-6-30-25(12-23)14-27(17-38)44(30)20-24-13-31(39-18-24)45-11-1-2-22-3-4-22/h5-6,12-15,21-22,26H,1-4,7-11,16,18-20H2,(H,40,41,42). The number of halogens is 3. The van der Waals surface area contributed by atoms with E-state index in [1.807, 2.05) is 12.1 Å². The van der Waals surface area contributed by atoms with E-state index in [1.165, 1.54) is 31.2 Å². The molecular formula is C34H36F3N7OS. The normalized spacial score (nSPS) is 17.8. The summed E-state index contributed by atoms with van der Waals surface area (Å²) in [4.78, 5) is 16.3. The molecule has 1 aliphatic carbocycles. The van der Waals surface area contributed by atoms with Gasteiger partial charge in [0.25, 0.3) is 0 Å². The highest BCUT2D eigenvalue weighted by Crippen LogP contribution is 2.34. The van der Waals surface area contributed by atoms with Gasteiger partial charge in [-0.3, -0.25) is 4.90 Å². The summed E-state index contributed by atoms with van der Waals surface area (Å²) in [5.74, 6) is 2.21. The van der Waals surface area contributed by atoms with E-state index in [0.29, 0.717) is 47.3 Å². The van der Waals surface area contributed by atoms with Crippen LogP contribution in [0.1, 0.15) is 54.7 Å². The summed E-state index contributed by atoms with van der Waals surface area (Å²) >= 11 is 1.07. The zero-order chi connectivity index (χ0) is 31.7. The van der Waals surface area contributed by atoms with Crippen LogP contribution < -0.4 is 5.32 Å². The summed E-state index contributed by atoms with van der Waals surface area (Å²) in [7, 11) is 0. The zero-order valence-corrected chi connectivity index (χ0v) is 26.3. The average Bonchev–Trinajstić information content (AvgIpc) is 3.42. The summed E-state index contributed by atoms with van der Waals surface area (Å²) in [6.45, 7) is 4.49.